The van der Waals surface area contributed by atoms with E-state index in [9.17, 15) is 9.59 Å². The smallest absolute Gasteiger partial charge is 0.248 e. The Bertz CT molecular complexity index is 737. The van der Waals surface area contributed by atoms with E-state index in [0.717, 1.165) is 11.1 Å². The molecule has 5 heteroatoms. The first kappa shape index (κ1) is 15.8. The highest BCUT2D eigenvalue weighted by atomic mass is 35.5. The summed E-state index contributed by atoms with van der Waals surface area (Å²) in [6, 6.07) is 11.9. The molecule has 2 aromatic rings. The monoisotopic (exact) mass is 314 g/mol. The van der Waals surface area contributed by atoms with Crippen molar-refractivity contribution in [3.05, 3.63) is 70.3 Å². The normalized spacial score (nSPS) is 10.6. The number of rotatable bonds is 4. The summed E-state index contributed by atoms with van der Waals surface area (Å²) in [4.78, 5) is 22.8. The van der Waals surface area contributed by atoms with Crippen molar-refractivity contribution < 1.29 is 9.59 Å². The number of carbonyl (C=O) groups excluding carboxylic acids is 2. The molecule has 0 radical (unpaired) electrons. The third-order valence-corrected chi connectivity index (χ3v) is 3.47. The number of hydrogen-bond acceptors (Lipinski definition) is 2. The van der Waals surface area contributed by atoms with Crippen LogP contribution >= 0.6 is 11.6 Å². The average Bonchev–Trinajstić information content (AvgIpc) is 2.49. The van der Waals surface area contributed by atoms with Crippen LogP contribution in [0.3, 0.4) is 0 Å². The molecule has 0 aliphatic heterocycles. The van der Waals surface area contributed by atoms with Gasteiger partial charge in [-0.3, -0.25) is 9.59 Å². The highest BCUT2D eigenvalue weighted by Gasteiger charge is 2.02. The molecule has 0 unspecified atom stereocenters. The van der Waals surface area contributed by atoms with Gasteiger partial charge in [-0.1, -0.05) is 23.7 Å². The standard InChI is InChI=1S/C17H15ClN2O2/c1-11-2-3-12(10-15(11)18)4-9-16(21)20-14-7-5-13(6-8-14)17(19)22/h2-10H,1H3,(H2,19,22)(H,20,21). The molecular weight excluding hydrogens is 300 g/mol. The van der Waals surface area contributed by atoms with E-state index in [4.69, 9.17) is 17.3 Å². The maximum atomic E-state index is 11.8. The van der Waals surface area contributed by atoms with Crippen molar-refractivity contribution in [1.29, 1.82) is 0 Å². The summed E-state index contributed by atoms with van der Waals surface area (Å²) in [6.07, 6.45) is 3.10. The molecule has 3 N–H and O–H groups in total. The number of primary amides is 1. The fraction of sp³-hybridized carbons (Fsp3) is 0.0588. The Morgan fingerprint density at radius 2 is 1.82 bits per heavy atom. The summed E-state index contributed by atoms with van der Waals surface area (Å²) in [5, 5.41) is 3.35. The molecule has 0 heterocycles. The highest BCUT2D eigenvalue weighted by Crippen LogP contribution is 2.17. The van der Waals surface area contributed by atoms with Crippen molar-refractivity contribution in [2.75, 3.05) is 5.32 Å². The van der Waals surface area contributed by atoms with Gasteiger partial charge in [0.15, 0.2) is 0 Å². The Kier molecular flexibility index (Phi) is 4.96. The molecule has 2 rings (SSSR count). The lowest BCUT2D eigenvalue weighted by atomic mass is 10.1. The topological polar surface area (TPSA) is 72.2 Å². The number of hydrogen-bond donors (Lipinski definition) is 2. The molecule has 0 fully saturated rings. The molecule has 0 aliphatic carbocycles. The summed E-state index contributed by atoms with van der Waals surface area (Å²) in [6.45, 7) is 1.91. The maximum Gasteiger partial charge on any atom is 0.248 e. The third kappa shape index (κ3) is 4.20. The molecule has 112 valence electrons. The molecule has 22 heavy (non-hydrogen) atoms. The van der Waals surface area contributed by atoms with E-state index in [-0.39, 0.29) is 5.91 Å². The fourth-order valence-electron chi connectivity index (χ4n) is 1.79. The molecule has 0 aliphatic rings. The van der Waals surface area contributed by atoms with Gasteiger partial charge in [-0.2, -0.15) is 0 Å². The minimum absolute atomic E-state index is 0.275. The first-order valence-electron chi connectivity index (χ1n) is 6.61. The zero-order valence-corrected chi connectivity index (χ0v) is 12.7. The average molecular weight is 315 g/mol. The van der Waals surface area contributed by atoms with Crippen LogP contribution in [0, 0.1) is 6.92 Å². The van der Waals surface area contributed by atoms with Crippen molar-refractivity contribution >= 4 is 35.2 Å². The lowest BCUT2D eigenvalue weighted by molar-refractivity contribution is -0.111. The van der Waals surface area contributed by atoms with Crippen LogP contribution in [0.25, 0.3) is 6.08 Å². The zero-order chi connectivity index (χ0) is 16.1. The van der Waals surface area contributed by atoms with Gasteiger partial charge in [-0.05, 0) is 54.5 Å². The first-order valence-corrected chi connectivity index (χ1v) is 6.98. The van der Waals surface area contributed by atoms with Crippen LogP contribution in [0.2, 0.25) is 5.02 Å². The van der Waals surface area contributed by atoms with Gasteiger partial charge in [0.05, 0.1) is 0 Å². The maximum absolute atomic E-state index is 11.8. The second-order valence-corrected chi connectivity index (χ2v) is 5.18. The van der Waals surface area contributed by atoms with E-state index in [1.807, 2.05) is 19.1 Å². The van der Waals surface area contributed by atoms with Crippen molar-refractivity contribution in [2.45, 2.75) is 6.92 Å². The molecule has 0 saturated carbocycles. The predicted octanol–water partition coefficient (Wildman–Crippen LogP) is 3.40. The van der Waals surface area contributed by atoms with E-state index >= 15 is 0 Å². The number of benzene rings is 2. The Balaban J connectivity index is 2.01. The summed E-state index contributed by atoms with van der Waals surface area (Å²) in [5.41, 5.74) is 7.95. The second kappa shape index (κ2) is 6.91. The van der Waals surface area contributed by atoms with Crippen LogP contribution in [0.1, 0.15) is 21.5 Å². The van der Waals surface area contributed by atoms with Gasteiger partial charge in [0.1, 0.15) is 0 Å². The Labute approximate surface area is 133 Å². The number of carbonyl (C=O) groups is 2. The first-order chi connectivity index (χ1) is 10.5. The van der Waals surface area contributed by atoms with Crippen LogP contribution in [0.5, 0.6) is 0 Å². The van der Waals surface area contributed by atoms with Gasteiger partial charge in [0.25, 0.3) is 0 Å². The van der Waals surface area contributed by atoms with E-state index in [1.54, 1.807) is 36.4 Å². The van der Waals surface area contributed by atoms with Gasteiger partial charge < -0.3 is 11.1 Å². The van der Waals surface area contributed by atoms with Crippen molar-refractivity contribution in [3.8, 4) is 0 Å². The van der Waals surface area contributed by atoms with Crippen LogP contribution in [0.4, 0.5) is 5.69 Å². The van der Waals surface area contributed by atoms with E-state index < -0.39 is 5.91 Å². The largest absolute Gasteiger partial charge is 0.366 e. The molecule has 2 aromatic carbocycles. The number of anilines is 1. The molecule has 0 spiro atoms. The molecule has 4 nitrogen and oxygen atoms in total. The summed E-state index contributed by atoms with van der Waals surface area (Å²) in [5.74, 6) is -0.780. The summed E-state index contributed by atoms with van der Waals surface area (Å²) >= 11 is 6.03. The van der Waals surface area contributed by atoms with Gasteiger partial charge in [-0.25, -0.2) is 0 Å². The number of halogens is 1. The Morgan fingerprint density at radius 1 is 1.14 bits per heavy atom. The minimum Gasteiger partial charge on any atom is -0.366 e. The zero-order valence-electron chi connectivity index (χ0n) is 12.0. The number of aryl methyl sites for hydroxylation is 1. The second-order valence-electron chi connectivity index (χ2n) is 4.77. The number of amides is 2. The van der Waals surface area contributed by atoms with Crippen molar-refractivity contribution in [3.63, 3.8) is 0 Å². The summed E-state index contributed by atoms with van der Waals surface area (Å²) in [7, 11) is 0. The molecule has 0 aromatic heterocycles. The van der Waals surface area contributed by atoms with E-state index in [2.05, 4.69) is 5.32 Å². The lowest BCUT2D eigenvalue weighted by Crippen LogP contribution is -2.11. The van der Waals surface area contributed by atoms with Gasteiger partial charge >= 0.3 is 0 Å². The quantitative estimate of drug-likeness (QED) is 0.849. The van der Waals surface area contributed by atoms with Crippen LogP contribution < -0.4 is 11.1 Å². The van der Waals surface area contributed by atoms with Gasteiger partial charge in [0, 0.05) is 22.3 Å². The minimum atomic E-state index is -0.506. The number of nitrogens with two attached hydrogens (primary N) is 1. The van der Waals surface area contributed by atoms with Crippen LogP contribution in [-0.2, 0) is 4.79 Å². The van der Waals surface area contributed by atoms with E-state index in [1.165, 1.54) is 6.08 Å². The van der Waals surface area contributed by atoms with Gasteiger partial charge in [-0.15, -0.1) is 0 Å². The summed E-state index contributed by atoms with van der Waals surface area (Å²) < 4.78 is 0. The van der Waals surface area contributed by atoms with Gasteiger partial charge in [0.2, 0.25) is 11.8 Å². The van der Waals surface area contributed by atoms with Crippen molar-refractivity contribution in [1.82, 2.24) is 0 Å². The third-order valence-electron chi connectivity index (χ3n) is 3.06. The van der Waals surface area contributed by atoms with Crippen LogP contribution in [-0.4, -0.2) is 11.8 Å². The SMILES string of the molecule is Cc1ccc(C=CC(=O)Nc2ccc(C(N)=O)cc2)cc1Cl. The molecule has 0 atom stereocenters. The predicted molar refractivity (Wildman–Crippen MR) is 88.8 cm³/mol. The molecule has 0 bridgehead atoms. The Hall–Kier alpha value is -2.59. The van der Waals surface area contributed by atoms with Crippen LogP contribution in [0.15, 0.2) is 48.5 Å². The molecule has 2 amide bonds. The fourth-order valence-corrected chi connectivity index (χ4v) is 1.98. The molecular formula is C17H15ClN2O2. The Morgan fingerprint density at radius 3 is 2.41 bits per heavy atom. The highest BCUT2D eigenvalue weighted by molar-refractivity contribution is 6.31. The van der Waals surface area contributed by atoms with Crippen molar-refractivity contribution in [2.24, 2.45) is 5.73 Å². The lowest BCUT2D eigenvalue weighted by Gasteiger charge is -2.03. The van der Waals surface area contributed by atoms with E-state index in [0.29, 0.717) is 16.3 Å². The number of nitrogens with one attached hydrogen (secondary N) is 1. The molecule has 0 saturated heterocycles.